The van der Waals surface area contributed by atoms with Crippen LogP contribution in [0.25, 0.3) is 0 Å². The summed E-state index contributed by atoms with van der Waals surface area (Å²) in [5.41, 5.74) is -1.88. The maximum atomic E-state index is 13.2. The van der Waals surface area contributed by atoms with Gasteiger partial charge in [-0.3, -0.25) is 4.79 Å². The number of benzene rings is 1. The molecule has 0 aliphatic carbocycles. The molecule has 1 atom stereocenters. The molecule has 116 valence electrons. The van der Waals surface area contributed by atoms with Gasteiger partial charge >= 0.3 is 6.18 Å². The molecule has 1 aliphatic heterocycles. The molecule has 21 heavy (non-hydrogen) atoms. The molecular formula is C14H16F4N2O. The molecule has 0 aromatic heterocycles. The van der Waals surface area contributed by atoms with Crippen molar-refractivity contribution >= 4 is 5.91 Å². The van der Waals surface area contributed by atoms with Gasteiger partial charge < -0.3 is 10.6 Å². The summed E-state index contributed by atoms with van der Waals surface area (Å²) in [5, 5.41) is 5.82. The maximum Gasteiger partial charge on any atom is 0.419 e. The lowest BCUT2D eigenvalue weighted by atomic mass is 10.0. The highest BCUT2D eigenvalue weighted by Crippen LogP contribution is 2.31. The van der Waals surface area contributed by atoms with Crippen LogP contribution in [0.15, 0.2) is 18.2 Å². The van der Waals surface area contributed by atoms with Crippen molar-refractivity contribution in [2.75, 3.05) is 13.1 Å². The quantitative estimate of drug-likeness (QED) is 0.843. The molecule has 3 nitrogen and oxygen atoms in total. The second-order valence-corrected chi connectivity index (χ2v) is 5.47. The van der Waals surface area contributed by atoms with Crippen molar-refractivity contribution in [2.45, 2.75) is 31.5 Å². The van der Waals surface area contributed by atoms with Crippen LogP contribution < -0.4 is 10.6 Å². The van der Waals surface area contributed by atoms with Crippen molar-refractivity contribution in [2.24, 2.45) is 0 Å². The summed E-state index contributed by atoms with van der Waals surface area (Å²) < 4.78 is 51.0. The zero-order chi connectivity index (χ0) is 15.7. The third-order valence-corrected chi connectivity index (χ3v) is 3.63. The van der Waals surface area contributed by atoms with Crippen molar-refractivity contribution in [3.05, 3.63) is 35.1 Å². The Balaban J connectivity index is 2.09. The Bertz CT molecular complexity index is 536. The highest BCUT2D eigenvalue weighted by molar-refractivity contribution is 5.94. The number of carbonyl (C=O) groups excluding carboxylic acids is 1. The van der Waals surface area contributed by atoms with Gasteiger partial charge in [0, 0.05) is 17.6 Å². The van der Waals surface area contributed by atoms with Crippen molar-refractivity contribution < 1.29 is 22.4 Å². The van der Waals surface area contributed by atoms with Gasteiger partial charge in [-0.05, 0) is 44.5 Å². The van der Waals surface area contributed by atoms with Gasteiger partial charge in [0.25, 0.3) is 5.91 Å². The van der Waals surface area contributed by atoms with Crippen LogP contribution in [0.3, 0.4) is 0 Å². The Morgan fingerprint density at radius 3 is 2.71 bits per heavy atom. The second-order valence-electron chi connectivity index (χ2n) is 5.47. The van der Waals surface area contributed by atoms with E-state index < -0.39 is 23.5 Å². The molecule has 0 spiro atoms. The molecule has 1 heterocycles. The molecule has 1 fully saturated rings. The van der Waals surface area contributed by atoms with Crippen LogP contribution in [0.5, 0.6) is 0 Å². The molecule has 1 unspecified atom stereocenters. The van der Waals surface area contributed by atoms with Crippen LogP contribution in [0.2, 0.25) is 0 Å². The Labute approximate surface area is 119 Å². The van der Waals surface area contributed by atoms with E-state index in [1.807, 2.05) is 6.92 Å². The van der Waals surface area contributed by atoms with E-state index in [-0.39, 0.29) is 11.1 Å². The molecule has 0 bridgehead atoms. The van der Waals surface area contributed by atoms with E-state index >= 15 is 0 Å². The number of nitrogens with one attached hydrogen (secondary N) is 2. The highest BCUT2D eigenvalue weighted by Gasteiger charge is 2.35. The van der Waals surface area contributed by atoms with Gasteiger partial charge in [0.05, 0.1) is 5.56 Å². The highest BCUT2D eigenvalue weighted by atomic mass is 19.4. The Morgan fingerprint density at radius 1 is 1.43 bits per heavy atom. The Morgan fingerprint density at radius 2 is 2.14 bits per heavy atom. The summed E-state index contributed by atoms with van der Waals surface area (Å²) in [6, 6.07) is 2.24. The topological polar surface area (TPSA) is 41.1 Å². The largest absolute Gasteiger partial charge is 0.419 e. The maximum absolute atomic E-state index is 13.2. The minimum Gasteiger partial charge on any atom is -0.350 e. The molecule has 7 heteroatoms. The van der Waals surface area contributed by atoms with Gasteiger partial charge in [0.15, 0.2) is 0 Å². The van der Waals surface area contributed by atoms with Gasteiger partial charge in [-0.15, -0.1) is 0 Å². The monoisotopic (exact) mass is 304 g/mol. The summed E-state index contributed by atoms with van der Waals surface area (Å²) >= 11 is 0. The third-order valence-electron chi connectivity index (χ3n) is 3.63. The molecule has 0 radical (unpaired) electrons. The van der Waals surface area contributed by atoms with E-state index in [9.17, 15) is 22.4 Å². The third kappa shape index (κ3) is 3.72. The SMILES string of the molecule is CC1(CNC(=O)c2ccc(F)c(C(F)(F)F)c2)CCCN1. The summed E-state index contributed by atoms with van der Waals surface area (Å²) in [4.78, 5) is 11.9. The molecule has 1 aromatic rings. The van der Waals surface area contributed by atoms with Gasteiger partial charge in [-0.25, -0.2) is 4.39 Å². The minimum absolute atomic E-state index is 0.203. The molecular weight excluding hydrogens is 288 g/mol. The van der Waals surface area contributed by atoms with E-state index in [1.54, 1.807) is 0 Å². The number of halogens is 4. The number of hydrogen-bond acceptors (Lipinski definition) is 2. The smallest absolute Gasteiger partial charge is 0.350 e. The van der Waals surface area contributed by atoms with Gasteiger partial charge in [-0.1, -0.05) is 0 Å². The fourth-order valence-corrected chi connectivity index (χ4v) is 2.37. The normalized spacial score (nSPS) is 22.3. The van der Waals surface area contributed by atoms with Crippen molar-refractivity contribution in [1.82, 2.24) is 10.6 Å². The van der Waals surface area contributed by atoms with Crippen LogP contribution in [0, 0.1) is 5.82 Å². The number of alkyl halides is 3. The van der Waals surface area contributed by atoms with Gasteiger partial charge in [0.1, 0.15) is 5.82 Å². The number of rotatable bonds is 3. The second kappa shape index (κ2) is 5.63. The van der Waals surface area contributed by atoms with Crippen LogP contribution in [-0.4, -0.2) is 24.5 Å². The predicted molar refractivity (Wildman–Crippen MR) is 69.4 cm³/mol. The number of carbonyl (C=O) groups is 1. The van der Waals surface area contributed by atoms with Crippen LogP contribution in [0.1, 0.15) is 35.7 Å². The first-order valence-corrected chi connectivity index (χ1v) is 6.61. The number of hydrogen-bond donors (Lipinski definition) is 2. The summed E-state index contributed by atoms with van der Waals surface area (Å²) in [6.45, 7) is 3.10. The summed E-state index contributed by atoms with van der Waals surface area (Å²) in [6.07, 6.45) is -2.95. The Kier molecular flexibility index (Phi) is 4.22. The Hall–Kier alpha value is -1.63. The summed E-state index contributed by atoms with van der Waals surface area (Å²) in [5.74, 6) is -2.03. The zero-order valence-electron chi connectivity index (χ0n) is 11.5. The van der Waals surface area contributed by atoms with E-state index in [4.69, 9.17) is 0 Å². The van der Waals surface area contributed by atoms with Gasteiger partial charge in [0.2, 0.25) is 0 Å². The molecule has 2 rings (SSSR count). The van der Waals surface area contributed by atoms with E-state index in [0.717, 1.165) is 25.5 Å². The zero-order valence-corrected chi connectivity index (χ0v) is 11.5. The lowest BCUT2D eigenvalue weighted by molar-refractivity contribution is -0.140. The van der Waals surface area contributed by atoms with Crippen LogP contribution >= 0.6 is 0 Å². The van der Waals surface area contributed by atoms with Crippen LogP contribution in [-0.2, 0) is 6.18 Å². The fraction of sp³-hybridized carbons (Fsp3) is 0.500. The first kappa shape index (κ1) is 15.8. The van der Waals surface area contributed by atoms with Crippen LogP contribution in [0.4, 0.5) is 17.6 Å². The fourth-order valence-electron chi connectivity index (χ4n) is 2.37. The predicted octanol–water partition coefficient (Wildman–Crippen LogP) is 2.72. The standard InChI is InChI=1S/C14H16F4N2O/c1-13(5-2-6-20-13)8-19-12(21)9-3-4-11(15)10(7-9)14(16,17)18/h3-4,7,20H,2,5-6,8H2,1H3,(H,19,21). The first-order chi connectivity index (χ1) is 9.71. The molecule has 1 saturated heterocycles. The minimum atomic E-state index is -4.82. The molecule has 1 amide bonds. The molecule has 1 aliphatic rings. The summed E-state index contributed by atoms with van der Waals surface area (Å²) in [7, 11) is 0. The lowest BCUT2D eigenvalue weighted by Gasteiger charge is -2.24. The van der Waals surface area contributed by atoms with E-state index in [2.05, 4.69) is 10.6 Å². The first-order valence-electron chi connectivity index (χ1n) is 6.61. The van der Waals surface area contributed by atoms with E-state index in [0.29, 0.717) is 18.7 Å². The lowest BCUT2D eigenvalue weighted by Crippen LogP contribution is -2.47. The van der Waals surface area contributed by atoms with Crippen molar-refractivity contribution in [3.8, 4) is 0 Å². The molecule has 0 saturated carbocycles. The van der Waals surface area contributed by atoms with Gasteiger partial charge in [-0.2, -0.15) is 13.2 Å². The van der Waals surface area contributed by atoms with Crippen molar-refractivity contribution in [3.63, 3.8) is 0 Å². The molecule has 2 N–H and O–H groups in total. The number of amides is 1. The molecule has 1 aromatic carbocycles. The average molecular weight is 304 g/mol. The van der Waals surface area contributed by atoms with E-state index in [1.165, 1.54) is 0 Å². The van der Waals surface area contributed by atoms with Crippen molar-refractivity contribution in [1.29, 1.82) is 0 Å². The average Bonchev–Trinajstić information content (AvgIpc) is 2.83.